The Labute approximate surface area is 122 Å². The largest absolute Gasteiger partial charge is 0.497 e. The zero-order valence-electron chi connectivity index (χ0n) is 12.1. The van der Waals surface area contributed by atoms with Gasteiger partial charge in [0.1, 0.15) is 11.5 Å². The van der Waals surface area contributed by atoms with Crippen LogP contribution in [-0.2, 0) is 4.79 Å². The molecule has 0 spiro atoms. The molecule has 1 atom stereocenters. The van der Waals surface area contributed by atoms with Gasteiger partial charge in [0, 0.05) is 25.1 Å². The molecule has 1 aromatic rings. The van der Waals surface area contributed by atoms with Crippen molar-refractivity contribution < 1.29 is 19.1 Å². The van der Waals surface area contributed by atoms with E-state index in [2.05, 4.69) is 10.6 Å². The summed E-state index contributed by atoms with van der Waals surface area (Å²) in [6, 6.07) is 3.08. The number of benzene rings is 1. The van der Waals surface area contributed by atoms with Crippen molar-refractivity contribution in [2.75, 3.05) is 26.5 Å². The lowest BCUT2D eigenvalue weighted by Gasteiger charge is -2.24. The summed E-state index contributed by atoms with van der Waals surface area (Å²) in [4.78, 5) is 23.4. The van der Waals surface area contributed by atoms with E-state index in [9.17, 15) is 9.59 Å². The number of nitrogen functional groups attached to an aromatic ring is 1. The predicted molar refractivity (Wildman–Crippen MR) is 77.5 cm³/mol. The number of carbonyl (C=O) groups is 2. The molecule has 1 heterocycles. The molecule has 7 heteroatoms. The van der Waals surface area contributed by atoms with Crippen LogP contribution in [0.4, 0.5) is 5.69 Å². The van der Waals surface area contributed by atoms with E-state index in [1.165, 1.54) is 14.2 Å². The Kier molecular flexibility index (Phi) is 4.52. The van der Waals surface area contributed by atoms with E-state index >= 15 is 0 Å². The monoisotopic (exact) mass is 293 g/mol. The van der Waals surface area contributed by atoms with Crippen LogP contribution in [-0.4, -0.2) is 38.6 Å². The Morgan fingerprint density at radius 2 is 2.14 bits per heavy atom. The lowest BCUT2D eigenvalue weighted by atomic mass is 10.1. The molecule has 0 aromatic heterocycles. The van der Waals surface area contributed by atoms with Gasteiger partial charge in [-0.3, -0.25) is 9.59 Å². The van der Waals surface area contributed by atoms with Gasteiger partial charge in [-0.1, -0.05) is 0 Å². The third-order valence-corrected chi connectivity index (χ3v) is 3.42. The number of anilines is 1. The summed E-state index contributed by atoms with van der Waals surface area (Å²) in [5.74, 6) is 0.563. The summed E-state index contributed by atoms with van der Waals surface area (Å²) in [7, 11) is 2.98. The van der Waals surface area contributed by atoms with Gasteiger partial charge in [0.25, 0.3) is 5.91 Å². The molecule has 2 rings (SSSR count). The fraction of sp³-hybridized carbons (Fsp3) is 0.429. The maximum absolute atomic E-state index is 12.3. The molecule has 0 aliphatic carbocycles. The van der Waals surface area contributed by atoms with Crippen LogP contribution in [0.1, 0.15) is 23.2 Å². The average Bonchev–Trinajstić information content (AvgIpc) is 2.49. The number of hydrogen-bond donors (Lipinski definition) is 3. The van der Waals surface area contributed by atoms with Crippen molar-refractivity contribution in [3.05, 3.63) is 17.7 Å². The van der Waals surface area contributed by atoms with Gasteiger partial charge < -0.3 is 25.8 Å². The Morgan fingerprint density at radius 3 is 2.71 bits per heavy atom. The van der Waals surface area contributed by atoms with E-state index in [4.69, 9.17) is 15.2 Å². The molecular weight excluding hydrogens is 274 g/mol. The van der Waals surface area contributed by atoms with Crippen molar-refractivity contribution in [3.63, 3.8) is 0 Å². The second-order valence-corrected chi connectivity index (χ2v) is 4.80. The molecular formula is C14H19N3O4. The number of methoxy groups -OCH3 is 2. The van der Waals surface area contributed by atoms with Gasteiger partial charge in [0.15, 0.2) is 0 Å². The van der Waals surface area contributed by atoms with Gasteiger partial charge in [0.05, 0.1) is 25.5 Å². The number of piperidine rings is 1. The van der Waals surface area contributed by atoms with E-state index in [1.807, 2.05) is 0 Å². The minimum Gasteiger partial charge on any atom is -0.497 e. The molecule has 0 radical (unpaired) electrons. The van der Waals surface area contributed by atoms with Crippen molar-refractivity contribution in [2.24, 2.45) is 0 Å². The second kappa shape index (κ2) is 6.34. The van der Waals surface area contributed by atoms with Gasteiger partial charge in [-0.15, -0.1) is 0 Å². The van der Waals surface area contributed by atoms with Gasteiger partial charge in [-0.05, 0) is 12.5 Å². The van der Waals surface area contributed by atoms with Crippen molar-refractivity contribution in [2.45, 2.75) is 18.9 Å². The van der Waals surface area contributed by atoms with E-state index in [0.717, 1.165) is 0 Å². The highest BCUT2D eigenvalue weighted by molar-refractivity contribution is 6.01. The number of nitrogens with one attached hydrogen (secondary N) is 2. The first-order valence-electron chi connectivity index (χ1n) is 6.64. The molecule has 4 N–H and O–H groups in total. The third kappa shape index (κ3) is 3.36. The Morgan fingerprint density at radius 1 is 1.38 bits per heavy atom. The molecule has 1 aliphatic rings. The van der Waals surface area contributed by atoms with Crippen molar-refractivity contribution >= 4 is 17.5 Å². The molecule has 1 aromatic carbocycles. The molecule has 7 nitrogen and oxygen atoms in total. The summed E-state index contributed by atoms with van der Waals surface area (Å²) >= 11 is 0. The van der Waals surface area contributed by atoms with Crippen LogP contribution >= 0.6 is 0 Å². The molecule has 1 aliphatic heterocycles. The SMILES string of the molecule is COc1cc(OC)c(N)c(C(=O)NC2CCC(=O)NC2)c1. The van der Waals surface area contributed by atoms with E-state index in [0.29, 0.717) is 36.4 Å². The minimum absolute atomic E-state index is 0.00284. The molecule has 0 saturated carbocycles. The Bertz CT molecular complexity index is 549. The summed E-state index contributed by atoms with van der Waals surface area (Å²) in [6.45, 7) is 0.422. The topological polar surface area (TPSA) is 103 Å². The van der Waals surface area contributed by atoms with Crippen LogP contribution in [0.3, 0.4) is 0 Å². The van der Waals surface area contributed by atoms with Crippen LogP contribution in [0.25, 0.3) is 0 Å². The molecule has 2 amide bonds. The number of hydrogen-bond acceptors (Lipinski definition) is 5. The van der Waals surface area contributed by atoms with Crippen LogP contribution in [0.15, 0.2) is 12.1 Å². The molecule has 1 saturated heterocycles. The summed E-state index contributed by atoms with van der Waals surface area (Å²) in [5, 5.41) is 5.57. The quantitative estimate of drug-likeness (QED) is 0.693. The molecule has 114 valence electrons. The Balaban J connectivity index is 2.16. The fourth-order valence-corrected chi connectivity index (χ4v) is 2.20. The first-order valence-corrected chi connectivity index (χ1v) is 6.64. The van der Waals surface area contributed by atoms with Crippen molar-refractivity contribution in [1.29, 1.82) is 0 Å². The molecule has 0 bridgehead atoms. The fourth-order valence-electron chi connectivity index (χ4n) is 2.20. The highest BCUT2D eigenvalue weighted by Crippen LogP contribution is 2.31. The van der Waals surface area contributed by atoms with Gasteiger partial charge in [-0.25, -0.2) is 0 Å². The number of amides is 2. The van der Waals surface area contributed by atoms with Gasteiger partial charge >= 0.3 is 0 Å². The van der Waals surface area contributed by atoms with Crippen molar-refractivity contribution in [1.82, 2.24) is 10.6 Å². The number of carbonyl (C=O) groups excluding carboxylic acids is 2. The smallest absolute Gasteiger partial charge is 0.253 e. The minimum atomic E-state index is -0.314. The van der Waals surface area contributed by atoms with Crippen LogP contribution in [0.2, 0.25) is 0 Å². The number of nitrogens with two attached hydrogens (primary N) is 1. The Hall–Kier alpha value is -2.44. The molecule has 1 unspecified atom stereocenters. The van der Waals surface area contributed by atoms with E-state index < -0.39 is 0 Å². The highest BCUT2D eigenvalue weighted by atomic mass is 16.5. The van der Waals surface area contributed by atoms with Crippen molar-refractivity contribution in [3.8, 4) is 11.5 Å². The first-order chi connectivity index (χ1) is 10.0. The van der Waals surface area contributed by atoms with E-state index in [1.54, 1.807) is 12.1 Å². The summed E-state index contributed by atoms with van der Waals surface area (Å²) in [6.07, 6.45) is 1.01. The van der Waals surface area contributed by atoms with E-state index in [-0.39, 0.29) is 23.5 Å². The average molecular weight is 293 g/mol. The van der Waals surface area contributed by atoms with Crippen LogP contribution in [0, 0.1) is 0 Å². The number of rotatable bonds is 4. The third-order valence-electron chi connectivity index (χ3n) is 3.42. The van der Waals surface area contributed by atoms with Crippen LogP contribution in [0.5, 0.6) is 11.5 Å². The summed E-state index contributed by atoms with van der Waals surface area (Å²) in [5.41, 5.74) is 6.49. The van der Waals surface area contributed by atoms with Gasteiger partial charge in [0.2, 0.25) is 5.91 Å². The van der Waals surface area contributed by atoms with Crippen LogP contribution < -0.4 is 25.8 Å². The molecule has 1 fully saturated rings. The normalized spacial score (nSPS) is 17.8. The standard InChI is InChI=1S/C14H19N3O4/c1-20-9-5-10(13(15)11(6-9)21-2)14(19)17-8-3-4-12(18)16-7-8/h5-6,8H,3-4,7,15H2,1-2H3,(H,16,18)(H,17,19). The number of ether oxygens (including phenoxy) is 2. The zero-order chi connectivity index (χ0) is 15.4. The van der Waals surface area contributed by atoms with Gasteiger partial charge in [-0.2, -0.15) is 0 Å². The highest BCUT2D eigenvalue weighted by Gasteiger charge is 2.22. The maximum Gasteiger partial charge on any atom is 0.253 e. The first kappa shape index (κ1) is 15.0. The second-order valence-electron chi connectivity index (χ2n) is 4.80. The lowest BCUT2D eigenvalue weighted by Crippen LogP contribution is -2.47. The maximum atomic E-state index is 12.3. The zero-order valence-corrected chi connectivity index (χ0v) is 12.1. The predicted octanol–water partition coefficient (Wildman–Crippen LogP) is 0.294. The lowest BCUT2D eigenvalue weighted by molar-refractivity contribution is -0.122. The molecule has 21 heavy (non-hydrogen) atoms. The summed E-state index contributed by atoms with van der Waals surface area (Å²) < 4.78 is 10.3.